The first-order valence-corrected chi connectivity index (χ1v) is 8.03. The van der Waals surface area contributed by atoms with Crippen LogP contribution in [-0.4, -0.2) is 41.5 Å². The highest BCUT2D eigenvalue weighted by molar-refractivity contribution is 5.99. The summed E-state index contributed by atoms with van der Waals surface area (Å²) in [6, 6.07) is 13.8. The molecule has 0 saturated carbocycles. The van der Waals surface area contributed by atoms with Crippen molar-refractivity contribution in [1.29, 1.82) is 5.26 Å². The van der Waals surface area contributed by atoms with Gasteiger partial charge >= 0.3 is 0 Å². The van der Waals surface area contributed by atoms with Crippen LogP contribution >= 0.6 is 0 Å². The Morgan fingerprint density at radius 3 is 2.50 bits per heavy atom. The Bertz CT molecular complexity index is 876. The third-order valence-electron chi connectivity index (χ3n) is 4.27. The predicted molar refractivity (Wildman–Crippen MR) is 91.4 cm³/mol. The highest BCUT2D eigenvalue weighted by Gasteiger charge is 2.32. The summed E-state index contributed by atoms with van der Waals surface area (Å²) in [5.41, 5.74) is 1.15. The van der Waals surface area contributed by atoms with Crippen molar-refractivity contribution in [1.82, 2.24) is 4.90 Å². The normalized spacial score (nSPS) is 15.5. The van der Waals surface area contributed by atoms with Crippen LogP contribution < -0.4 is 4.90 Å². The summed E-state index contributed by atoms with van der Waals surface area (Å²) in [5.74, 6) is -1.41. The Morgan fingerprint density at radius 2 is 1.85 bits per heavy atom. The van der Waals surface area contributed by atoms with Gasteiger partial charge in [-0.3, -0.25) is 9.59 Å². The second-order valence-corrected chi connectivity index (χ2v) is 5.89. The molecule has 0 aromatic heterocycles. The molecule has 1 unspecified atom stereocenters. The van der Waals surface area contributed by atoms with Crippen LogP contribution in [0.3, 0.4) is 0 Å². The Morgan fingerprint density at radius 1 is 1.15 bits per heavy atom. The van der Waals surface area contributed by atoms with E-state index in [0.29, 0.717) is 11.3 Å². The van der Waals surface area contributed by atoms with E-state index in [1.165, 1.54) is 21.9 Å². The number of amides is 2. The number of carbonyl (C=O) groups is 2. The minimum Gasteiger partial charge on any atom is -0.378 e. The van der Waals surface area contributed by atoms with Crippen molar-refractivity contribution < 1.29 is 19.1 Å². The standard InChI is InChI=1S/C19H16FN3O3/c20-15-7-5-13(6-8-15)18(25)19(26)22-9-10-23(17(24)12-22)16-4-2-1-3-14(16)11-21/h1-8,18,25H,9-10,12H2. The van der Waals surface area contributed by atoms with Gasteiger partial charge in [0.25, 0.3) is 5.91 Å². The van der Waals surface area contributed by atoms with Gasteiger partial charge in [-0.2, -0.15) is 5.26 Å². The van der Waals surface area contributed by atoms with E-state index in [1.807, 2.05) is 6.07 Å². The first kappa shape index (κ1) is 17.6. The SMILES string of the molecule is N#Cc1ccccc1N1CCN(C(=O)C(O)c2ccc(F)cc2)CC1=O. The fraction of sp³-hybridized carbons (Fsp3) is 0.211. The van der Waals surface area contributed by atoms with E-state index in [9.17, 15) is 24.3 Å². The molecule has 7 heteroatoms. The molecule has 26 heavy (non-hydrogen) atoms. The molecule has 0 bridgehead atoms. The van der Waals surface area contributed by atoms with E-state index in [4.69, 9.17) is 0 Å². The number of hydrogen-bond donors (Lipinski definition) is 1. The van der Waals surface area contributed by atoms with Crippen LogP contribution in [-0.2, 0) is 9.59 Å². The number of aliphatic hydroxyl groups excluding tert-OH is 1. The van der Waals surface area contributed by atoms with Crippen molar-refractivity contribution in [3.63, 3.8) is 0 Å². The molecule has 132 valence electrons. The molecule has 6 nitrogen and oxygen atoms in total. The summed E-state index contributed by atoms with van der Waals surface area (Å²) < 4.78 is 13.0. The van der Waals surface area contributed by atoms with Crippen molar-refractivity contribution >= 4 is 17.5 Å². The first-order valence-electron chi connectivity index (χ1n) is 8.03. The number of piperazine rings is 1. The zero-order chi connectivity index (χ0) is 18.7. The van der Waals surface area contributed by atoms with E-state index >= 15 is 0 Å². The monoisotopic (exact) mass is 353 g/mol. The summed E-state index contributed by atoms with van der Waals surface area (Å²) in [5, 5.41) is 19.4. The molecule has 2 amide bonds. The summed E-state index contributed by atoms with van der Waals surface area (Å²) >= 11 is 0. The summed E-state index contributed by atoms with van der Waals surface area (Å²) in [4.78, 5) is 27.7. The van der Waals surface area contributed by atoms with E-state index in [1.54, 1.807) is 24.3 Å². The lowest BCUT2D eigenvalue weighted by atomic mass is 10.1. The lowest BCUT2D eigenvalue weighted by Crippen LogP contribution is -2.53. The van der Waals surface area contributed by atoms with Crippen molar-refractivity contribution in [2.24, 2.45) is 0 Å². The Labute approximate surface area is 149 Å². The fourth-order valence-electron chi connectivity index (χ4n) is 2.88. The molecule has 1 aliphatic heterocycles. The van der Waals surface area contributed by atoms with Gasteiger partial charge in [-0.15, -0.1) is 0 Å². The van der Waals surface area contributed by atoms with Gasteiger partial charge in [0, 0.05) is 13.1 Å². The molecule has 1 fully saturated rings. The molecule has 1 heterocycles. The molecular formula is C19H16FN3O3. The van der Waals surface area contributed by atoms with Crippen LogP contribution in [0.5, 0.6) is 0 Å². The van der Waals surface area contributed by atoms with Gasteiger partial charge < -0.3 is 14.9 Å². The largest absolute Gasteiger partial charge is 0.378 e. The van der Waals surface area contributed by atoms with E-state index in [0.717, 1.165) is 12.1 Å². The third kappa shape index (κ3) is 3.41. The molecule has 0 spiro atoms. The second kappa shape index (κ2) is 7.33. The minimum absolute atomic E-state index is 0.198. The summed E-state index contributed by atoms with van der Waals surface area (Å²) in [6.45, 7) is 0.249. The highest BCUT2D eigenvalue weighted by Crippen LogP contribution is 2.23. The van der Waals surface area contributed by atoms with E-state index in [-0.39, 0.29) is 31.1 Å². The number of rotatable bonds is 3. The maximum Gasteiger partial charge on any atom is 0.256 e. The number of nitriles is 1. The molecule has 2 aromatic carbocycles. The number of benzene rings is 2. The zero-order valence-corrected chi connectivity index (χ0v) is 13.8. The Kier molecular flexibility index (Phi) is 4.96. The number of para-hydroxylation sites is 1. The van der Waals surface area contributed by atoms with Crippen molar-refractivity contribution in [2.75, 3.05) is 24.5 Å². The lowest BCUT2D eigenvalue weighted by molar-refractivity contribution is -0.144. The molecule has 1 N–H and O–H groups in total. The van der Waals surface area contributed by atoms with Gasteiger partial charge in [0.05, 0.1) is 11.3 Å². The Hall–Kier alpha value is -3.24. The number of hydrogen-bond acceptors (Lipinski definition) is 4. The van der Waals surface area contributed by atoms with E-state index < -0.39 is 17.8 Å². The van der Waals surface area contributed by atoms with Gasteiger partial charge in [0.15, 0.2) is 6.10 Å². The number of aliphatic hydroxyl groups is 1. The maximum absolute atomic E-state index is 13.0. The van der Waals surface area contributed by atoms with Crippen LogP contribution in [0.1, 0.15) is 17.2 Å². The zero-order valence-electron chi connectivity index (χ0n) is 13.8. The molecule has 3 rings (SSSR count). The van der Waals surface area contributed by atoms with Gasteiger partial charge in [0.1, 0.15) is 18.4 Å². The molecule has 2 aromatic rings. The third-order valence-corrected chi connectivity index (χ3v) is 4.27. The topological polar surface area (TPSA) is 84.6 Å². The van der Waals surface area contributed by atoms with Crippen LogP contribution in [0.15, 0.2) is 48.5 Å². The van der Waals surface area contributed by atoms with Gasteiger partial charge in [-0.05, 0) is 29.8 Å². The van der Waals surface area contributed by atoms with Crippen molar-refractivity contribution in [3.05, 3.63) is 65.5 Å². The quantitative estimate of drug-likeness (QED) is 0.908. The van der Waals surface area contributed by atoms with Gasteiger partial charge in [0.2, 0.25) is 5.91 Å². The molecule has 1 aliphatic rings. The van der Waals surface area contributed by atoms with Crippen LogP contribution in [0.2, 0.25) is 0 Å². The molecule has 0 radical (unpaired) electrons. The van der Waals surface area contributed by atoms with E-state index in [2.05, 4.69) is 0 Å². The van der Waals surface area contributed by atoms with Crippen LogP contribution in [0, 0.1) is 17.1 Å². The number of nitrogens with zero attached hydrogens (tertiary/aromatic N) is 3. The van der Waals surface area contributed by atoms with Crippen LogP contribution in [0.4, 0.5) is 10.1 Å². The Balaban J connectivity index is 1.72. The maximum atomic E-state index is 13.0. The summed E-state index contributed by atoms with van der Waals surface area (Å²) in [7, 11) is 0. The summed E-state index contributed by atoms with van der Waals surface area (Å²) in [6.07, 6.45) is -1.46. The average molecular weight is 353 g/mol. The van der Waals surface area contributed by atoms with Crippen molar-refractivity contribution in [3.8, 4) is 6.07 Å². The number of anilines is 1. The molecule has 1 saturated heterocycles. The lowest BCUT2D eigenvalue weighted by Gasteiger charge is -2.35. The number of halogens is 1. The first-order chi connectivity index (χ1) is 12.5. The second-order valence-electron chi connectivity index (χ2n) is 5.89. The number of carbonyl (C=O) groups excluding carboxylic acids is 2. The predicted octanol–water partition coefficient (Wildman–Crippen LogP) is 1.61. The highest BCUT2D eigenvalue weighted by atomic mass is 19.1. The van der Waals surface area contributed by atoms with Crippen molar-refractivity contribution in [2.45, 2.75) is 6.10 Å². The minimum atomic E-state index is -1.46. The average Bonchev–Trinajstić information content (AvgIpc) is 2.67. The van der Waals surface area contributed by atoms with Gasteiger partial charge in [-0.1, -0.05) is 24.3 Å². The van der Waals surface area contributed by atoms with Crippen LogP contribution in [0.25, 0.3) is 0 Å². The van der Waals surface area contributed by atoms with Gasteiger partial charge in [-0.25, -0.2) is 4.39 Å². The smallest absolute Gasteiger partial charge is 0.256 e. The molecular weight excluding hydrogens is 337 g/mol. The molecule has 0 aliphatic carbocycles. The molecule has 1 atom stereocenters. The fourth-order valence-corrected chi connectivity index (χ4v) is 2.88.